The van der Waals surface area contributed by atoms with Gasteiger partial charge in [0.2, 0.25) is 0 Å². The van der Waals surface area contributed by atoms with E-state index in [1.54, 1.807) is 0 Å². The van der Waals surface area contributed by atoms with E-state index in [1.807, 2.05) is 0 Å². The van der Waals surface area contributed by atoms with E-state index in [4.69, 9.17) is 5.73 Å². The molecule has 0 aromatic heterocycles. The molecule has 3 unspecified atom stereocenters. The first-order valence-corrected chi connectivity index (χ1v) is 8.27. The summed E-state index contributed by atoms with van der Waals surface area (Å²) >= 11 is 3.50. The van der Waals surface area contributed by atoms with Crippen LogP contribution in [-0.2, 0) is 0 Å². The fraction of sp³-hybridized carbons (Fsp3) is 0.625. The standard InChI is InChI=1S/C16H26BrN3/c1-4-15-11-20(10-9-19(15)3)16(12(2)18)13-5-7-14(17)8-6-13/h5-8,12,15-16H,4,9-11,18H2,1-3H3. The van der Waals surface area contributed by atoms with Gasteiger partial charge in [0.15, 0.2) is 0 Å². The summed E-state index contributed by atoms with van der Waals surface area (Å²) in [6, 6.07) is 9.69. The third kappa shape index (κ3) is 3.61. The van der Waals surface area contributed by atoms with Crippen LogP contribution in [0.4, 0.5) is 0 Å². The Balaban J connectivity index is 2.18. The van der Waals surface area contributed by atoms with E-state index in [2.05, 4.69) is 70.9 Å². The molecule has 3 nitrogen and oxygen atoms in total. The number of nitrogens with two attached hydrogens (primary N) is 1. The molecule has 0 amide bonds. The Hall–Kier alpha value is -0.420. The fourth-order valence-electron chi connectivity index (χ4n) is 3.17. The number of nitrogens with zero attached hydrogens (tertiary/aromatic N) is 2. The van der Waals surface area contributed by atoms with Crippen molar-refractivity contribution in [3.05, 3.63) is 34.3 Å². The summed E-state index contributed by atoms with van der Waals surface area (Å²) in [5.74, 6) is 0. The van der Waals surface area contributed by atoms with Crippen molar-refractivity contribution in [2.45, 2.75) is 38.4 Å². The molecule has 0 bridgehead atoms. The highest BCUT2D eigenvalue weighted by molar-refractivity contribution is 9.10. The van der Waals surface area contributed by atoms with Crippen molar-refractivity contribution in [3.63, 3.8) is 0 Å². The zero-order valence-corrected chi connectivity index (χ0v) is 14.3. The van der Waals surface area contributed by atoms with Gasteiger partial charge in [-0.1, -0.05) is 35.0 Å². The number of piperazine rings is 1. The molecule has 0 saturated carbocycles. The van der Waals surface area contributed by atoms with Crippen LogP contribution in [0.3, 0.4) is 0 Å². The largest absolute Gasteiger partial charge is 0.326 e. The van der Waals surface area contributed by atoms with Crippen molar-refractivity contribution < 1.29 is 0 Å². The van der Waals surface area contributed by atoms with Gasteiger partial charge in [-0.2, -0.15) is 0 Å². The third-order valence-corrected chi connectivity index (χ3v) is 4.91. The normalized spacial score (nSPS) is 24.6. The van der Waals surface area contributed by atoms with Gasteiger partial charge in [0.25, 0.3) is 0 Å². The maximum absolute atomic E-state index is 6.29. The zero-order chi connectivity index (χ0) is 14.7. The van der Waals surface area contributed by atoms with Gasteiger partial charge < -0.3 is 10.6 Å². The molecule has 0 aliphatic carbocycles. The molecule has 1 aromatic carbocycles. The van der Waals surface area contributed by atoms with Crippen LogP contribution in [0.25, 0.3) is 0 Å². The summed E-state index contributed by atoms with van der Waals surface area (Å²) in [7, 11) is 2.23. The number of hydrogen-bond acceptors (Lipinski definition) is 3. The Morgan fingerprint density at radius 1 is 1.30 bits per heavy atom. The summed E-state index contributed by atoms with van der Waals surface area (Å²) in [4.78, 5) is 5.03. The Bertz CT molecular complexity index is 418. The minimum atomic E-state index is 0.136. The van der Waals surface area contributed by atoms with Crippen molar-refractivity contribution >= 4 is 15.9 Å². The second-order valence-electron chi connectivity index (χ2n) is 5.89. The summed E-state index contributed by atoms with van der Waals surface area (Å²) in [5, 5.41) is 0. The highest BCUT2D eigenvalue weighted by Crippen LogP contribution is 2.27. The minimum Gasteiger partial charge on any atom is -0.326 e. The van der Waals surface area contributed by atoms with Gasteiger partial charge in [-0.25, -0.2) is 0 Å². The van der Waals surface area contributed by atoms with E-state index in [-0.39, 0.29) is 6.04 Å². The number of likely N-dealkylation sites (N-methyl/N-ethyl adjacent to an activating group) is 1. The van der Waals surface area contributed by atoms with Crippen molar-refractivity contribution in [2.24, 2.45) is 5.73 Å². The highest BCUT2D eigenvalue weighted by Gasteiger charge is 2.30. The summed E-state index contributed by atoms with van der Waals surface area (Å²) < 4.78 is 1.12. The molecule has 2 rings (SSSR count). The van der Waals surface area contributed by atoms with Crippen LogP contribution in [0.2, 0.25) is 0 Å². The van der Waals surface area contributed by atoms with Crippen LogP contribution in [0.15, 0.2) is 28.7 Å². The third-order valence-electron chi connectivity index (χ3n) is 4.38. The Morgan fingerprint density at radius 2 is 1.95 bits per heavy atom. The topological polar surface area (TPSA) is 32.5 Å². The zero-order valence-electron chi connectivity index (χ0n) is 12.7. The smallest absolute Gasteiger partial charge is 0.0497 e. The highest BCUT2D eigenvalue weighted by atomic mass is 79.9. The molecule has 20 heavy (non-hydrogen) atoms. The molecule has 4 heteroatoms. The molecule has 3 atom stereocenters. The average Bonchev–Trinajstić information content (AvgIpc) is 2.42. The first kappa shape index (κ1) is 16.0. The maximum atomic E-state index is 6.29. The Labute approximate surface area is 131 Å². The average molecular weight is 340 g/mol. The molecule has 112 valence electrons. The second kappa shape index (κ2) is 7.03. The molecule has 1 saturated heterocycles. The van der Waals surface area contributed by atoms with Gasteiger partial charge in [0.1, 0.15) is 0 Å². The van der Waals surface area contributed by atoms with Gasteiger partial charge in [0.05, 0.1) is 0 Å². The van der Waals surface area contributed by atoms with Crippen LogP contribution in [0.1, 0.15) is 31.9 Å². The Kier molecular flexibility index (Phi) is 5.61. The first-order valence-electron chi connectivity index (χ1n) is 7.48. The van der Waals surface area contributed by atoms with Crippen LogP contribution in [-0.4, -0.2) is 48.6 Å². The number of hydrogen-bond donors (Lipinski definition) is 1. The predicted octanol–water partition coefficient (Wildman–Crippen LogP) is 2.86. The van der Waals surface area contributed by atoms with Crippen molar-refractivity contribution in [1.29, 1.82) is 0 Å². The van der Waals surface area contributed by atoms with Gasteiger partial charge in [-0.05, 0) is 38.1 Å². The summed E-state index contributed by atoms with van der Waals surface area (Å²) in [5.41, 5.74) is 7.61. The van der Waals surface area contributed by atoms with E-state index in [9.17, 15) is 0 Å². The lowest BCUT2D eigenvalue weighted by Gasteiger charge is -2.44. The van der Waals surface area contributed by atoms with Crippen molar-refractivity contribution in [1.82, 2.24) is 9.80 Å². The number of rotatable bonds is 4. The molecular weight excluding hydrogens is 314 g/mol. The van der Waals surface area contributed by atoms with E-state index in [0.717, 1.165) is 24.1 Å². The van der Waals surface area contributed by atoms with Gasteiger partial charge >= 0.3 is 0 Å². The van der Waals surface area contributed by atoms with Crippen molar-refractivity contribution in [2.75, 3.05) is 26.7 Å². The maximum Gasteiger partial charge on any atom is 0.0497 e. The molecule has 1 heterocycles. The van der Waals surface area contributed by atoms with Gasteiger partial charge in [0, 0.05) is 42.2 Å². The molecule has 0 spiro atoms. The van der Waals surface area contributed by atoms with E-state index in [1.165, 1.54) is 12.0 Å². The molecule has 1 aliphatic heterocycles. The van der Waals surface area contributed by atoms with Crippen LogP contribution < -0.4 is 5.73 Å². The predicted molar refractivity (Wildman–Crippen MR) is 88.8 cm³/mol. The van der Waals surface area contributed by atoms with Crippen molar-refractivity contribution in [3.8, 4) is 0 Å². The SMILES string of the molecule is CCC1CN(C(c2ccc(Br)cc2)C(C)N)CCN1C. The van der Waals surface area contributed by atoms with Crippen LogP contribution in [0, 0.1) is 0 Å². The fourth-order valence-corrected chi connectivity index (χ4v) is 3.43. The summed E-state index contributed by atoms with van der Waals surface area (Å²) in [6.45, 7) is 7.71. The molecule has 2 N–H and O–H groups in total. The van der Waals surface area contributed by atoms with Gasteiger partial charge in [-0.3, -0.25) is 4.90 Å². The second-order valence-corrected chi connectivity index (χ2v) is 6.81. The number of halogens is 1. The quantitative estimate of drug-likeness (QED) is 0.915. The lowest BCUT2D eigenvalue weighted by Crippen LogP contribution is -2.54. The minimum absolute atomic E-state index is 0.136. The summed E-state index contributed by atoms with van der Waals surface area (Å²) in [6.07, 6.45) is 1.19. The first-order chi connectivity index (χ1) is 9.52. The monoisotopic (exact) mass is 339 g/mol. The van der Waals surface area contributed by atoms with Gasteiger partial charge in [-0.15, -0.1) is 0 Å². The molecular formula is C16H26BrN3. The van der Waals surface area contributed by atoms with Crippen LogP contribution >= 0.6 is 15.9 Å². The van der Waals surface area contributed by atoms with E-state index >= 15 is 0 Å². The molecule has 0 radical (unpaired) electrons. The van der Waals surface area contributed by atoms with Crippen LogP contribution in [0.5, 0.6) is 0 Å². The lowest BCUT2D eigenvalue weighted by atomic mass is 9.97. The molecule has 1 fully saturated rings. The van der Waals surface area contributed by atoms with E-state index < -0.39 is 0 Å². The molecule has 1 aliphatic rings. The molecule has 1 aromatic rings. The lowest BCUT2D eigenvalue weighted by molar-refractivity contribution is 0.0549. The Morgan fingerprint density at radius 3 is 2.50 bits per heavy atom. The number of benzene rings is 1. The van der Waals surface area contributed by atoms with E-state index in [0.29, 0.717) is 12.1 Å².